The minimum absolute atomic E-state index is 0.221. The van der Waals surface area contributed by atoms with Crippen LogP contribution in [-0.4, -0.2) is 42.8 Å². The molecule has 2 aromatic rings. The molecule has 2 N–H and O–H groups in total. The van der Waals surface area contributed by atoms with Crippen LogP contribution in [0.25, 0.3) is 6.08 Å². The van der Waals surface area contributed by atoms with E-state index in [2.05, 4.69) is 16.6 Å². The van der Waals surface area contributed by atoms with Crippen molar-refractivity contribution in [3.8, 4) is 23.0 Å². The maximum absolute atomic E-state index is 12.6. The number of anilines is 2. The lowest BCUT2D eigenvalue weighted by molar-refractivity contribution is -0.111. The molecule has 0 atom stereocenters. The van der Waals surface area contributed by atoms with Crippen LogP contribution in [0.5, 0.6) is 23.0 Å². The number of methoxy groups -OCH3 is 4. The van der Waals surface area contributed by atoms with Crippen LogP contribution in [0.2, 0.25) is 0 Å². The molecule has 31 heavy (non-hydrogen) atoms. The third-order valence-corrected chi connectivity index (χ3v) is 5.08. The number of hydrogen-bond donors (Lipinski definition) is 2. The average Bonchev–Trinajstić information content (AvgIpc) is 2.76. The van der Waals surface area contributed by atoms with E-state index in [4.69, 9.17) is 18.9 Å². The molecule has 166 valence electrons. The van der Waals surface area contributed by atoms with Gasteiger partial charge in [-0.3, -0.25) is 9.52 Å². The number of nitrogens with one attached hydrogen (secondary N) is 2. The van der Waals surface area contributed by atoms with E-state index in [1.165, 1.54) is 52.7 Å². The van der Waals surface area contributed by atoms with Crippen LogP contribution in [-0.2, 0) is 14.8 Å². The zero-order chi connectivity index (χ0) is 23.0. The Morgan fingerprint density at radius 1 is 0.935 bits per heavy atom. The van der Waals surface area contributed by atoms with Gasteiger partial charge in [-0.05, 0) is 30.4 Å². The number of amides is 1. The van der Waals surface area contributed by atoms with Gasteiger partial charge in [0.15, 0.2) is 0 Å². The third-order valence-electron chi connectivity index (χ3n) is 4.07. The Labute approximate surface area is 181 Å². The van der Waals surface area contributed by atoms with Gasteiger partial charge in [0, 0.05) is 12.1 Å². The highest BCUT2D eigenvalue weighted by molar-refractivity contribution is 7.95. The number of hydrogen-bond acceptors (Lipinski definition) is 7. The van der Waals surface area contributed by atoms with Gasteiger partial charge in [-0.1, -0.05) is 6.58 Å². The van der Waals surface area contributed by atoms with Gasteiger partial charge in [-0.15, -0.1) is 0 Å². The van der Waals surface area contributed by atoms with Gasteiger partial charge in [-0.25, -0.2) is 8.42 Å². The summed E-state index contributed by atoms with van der Waals surface area (Å²) in [5, 5.41) is 3.53. The molecule has 2 aromatic carbocycles. The van der Waals surface area contributed by atoms with Crippen molar-refractivity contribution in [3.05, 3.63) is 54.0 Å². The molecule has 0 fully saturated rings. The molecule has 0 saturated heterocycles. The molecule has 0 saturated carbocycles. The van der Waals surface area contributed by atoms with Crippen molar-refractivity contribution in [1.82, 2.24) is 0 Å². The first kappa shape index (κ1) is 23.6. The van der Waals surface area contributed by atoms with Gasteiger partial charge in [0.1, 0.15) is 23.0 Å². The first-order valence-corrected chi connectivity index (χ1v) is 10.4. The second-order valence-electron chi connectivity index (χ2n) is 6.00. The van der Waals surface area contributed by atoms with Crippen LogP contribution in [0.1, 0.15) is 5.56 Å². The molecule has 0 aliphatic heterocycles. The van der Waals surface area contributed by atoms with Crippen molar-refractivity contribution in [1.29, 1.82) is 0 Å². The van der Waals surface area contributed by atoms with Crippen molar-refractivity contribution in [2.45, 2.75) is 0 Å². The van der Waals surface area contributed by atoms with Crippen molar-refractivity contribution >= 4 is 33.4 Å². The normalized spacial score (nSPS) is 11.0. The summed E-state index contributed by atoms with van der Waals surface area (Å²) in [7, 11) is 1.92. The van der Waals surface area contributed by atoms with E-state index in [9.17, 15) is 13.2 Å². The SMILES string of the molecule is C=CC(=O)Nc1cc(NS(=O)(=O)/C=C/c2c(OC)cc(OC)cc2OC)ccc1OC. The van der Waals surface area contributed by atoms with Gasteiger partial charge in [0.25, 0.3) is 10.0 Å². The molecule has 10 heteroatoms. The number of benzene rings is 2. The summed E-state index contributed by atoms with van der Waals surface area (Å²) in [6.07, 6.45) is 2.44. The lowest BCUT2D eigenvalue weighted by Gasteiger charge is -2.13. The third kappa shape index (κ3) is 6.16. The first-order chi connectivity index (χ1) is 14.8. The van der Waals surface area contributed by atoms with Crippen LogP contribution >= 0.6 is 0 Å². The smallest absolute Gasteiger partial charge is 0.255 e. The predicted molar refractivity (Wildman–Crippen MR) is 119 cm³/mol. The Bertz CT molecular complexity index is 1070. The fraction of sp³-hybridized carbons (Fsp3) is 0.190. The molecule has 9 nitrogen and oxygen atoms in total. The first-order valence-electron chi connectivity index (χ1n) is 8.89. The van der Waals surface area contributed by atoms with E-state index in [0.29, 0.717) is 28.6 Å². The number of carbonyl (C=O) groups is 1. The summed E-state index contributed by atoms with van der Waals surface area (Å²) in [5.74, 6) is 1.15. The molecule has 2 rings (SSSR count). The zero-order valence-corrected chi connectivity index (χ0v) is 18.4. The number of carbonyl (C=O) groups excluding carboxylic acids is 1. The number of sulfonamides is 1. The van der Waals surface area contributed by atoms with Crippen molar-refractivity contribution in [3.63, 3.8) is 0 Å². The number of ether oxygens (including phenoxy) is 4. The van der Waals surface area contributed by atoms with Crippen LogP contribution in [0.15, 0.2) is 48.4 Å². The molecule has 0 aliphatic rings. The summed E-state index contributed by atoms with van der Waals surface area (Å²) in [6, 6.07) is 7.68. The fourth-order valence-corrected chi connectivity index (χ4v) is 3.44. The van der Waals surface area contributed by atoms with Crippen LogP contribution in [0.4, 0.5) is 11.4 Å². The van der Waals surface area contributed by atoms with Gasteiger partial charge in [0.2, 0.25) is 5.91 Å². The Morgan fingerprint density at radius 2 is 1.55 bits per heavy atom. The van der Waals surface area contributed by atoms with E-state index in [0.717, 1.165) is 11.5 Å². The Morgan fingerprint density at radius 3 is 2.06 bits per heavy atom. The summed E-state index contributed by atoms with van der Waals surface area (Å²) in [5.41, 5.74) is 0.929. The second kappa shape index (κ2) is 10.4. The molecule has 0 spiro atoms. The maximum atomic E-state index is 12.6. The van der Waals surface area contributed by atoms with E-state index < -0.39 is 15.9 Å². The highest BCUT2D eigenvalue weighted by Gasteiger charge is 2.14. The van der Waals surface area contributed by atoms with E-state index in [1.54, 1.807) is 12.1 Å². The fourth-order valence-electron chi connectivity index (χ4n) is 2.61. The van der Waals surface area contributed by atoms with Crippen molar-refractivity contribution in [2.24, 2.45) is 0 Å². The minimum atomic E-state index is -3.92. The van der Waals surface area contributed by atoms with E-state index in [-0.39, 0.29) is 11.4 Å². The maximum Gasteiger partial charge on any atom is 0.255 e. The van der Waals surface area contributed by atoms with Crippen molar-refractivity contribution < 1.29 is 32.2 Å². The Balaban J connectivity index is 2.34. The van der Waals surface area contributed by atoms with Gasteiger partial charge < -0.3 is 24.3 Å². The summed E-state index contributed by atoms with van der Waals surface area (Å²) in [4.78, 5) is 11.6. The van der Waals surface area contributed by atoms with E-state index in [1.807, 2.05) is 0 Å². The molecule has 0 aromatic heterocycles. The monoisotopic (exact) mass is 448 g/mol. The summed E-state index contributed by atoms with van der Waals surface area (Å²) < 4.78 is 48.6. The van der Waals surface area contributed by atoms with Gasteiger partial charge in [-0.2, -0.15) is 0 Å². The Kier molecular flexibility index (Phi) is 7.92. The molecular formula is C21H24N2O7S. The molecule has 0 aliphatic carbocycles. The largest absolute Gasteiger partial charge is 0.496 e. The standard InChI is InChI=1S/C21H24N2O7S/c1-6-21(24)22-17-11-14(7-8-18(17)28-3)23-31(25,26)10-9-16-19(29-4)12-15(27-2)13-20(16)30-5/h6-13,23H,1H2,2-5H3,(H,22,24)/b10-9+. The molecule has 0 bridgehead atoms. The molecule has 0 heterocycles. The van der Waals surface area contributed by atoms with Gasteiger partial charge >= 0.3 is 0 Å². The van der Waals surface area contributed by atoms with Crippen molar-refractivity contribution in [2.75, 3.05) is 38.5 Å². The zero-order valence-electron chi connectivity index (χ0n) is 17.6. The lowest BCUT2D eigenvalue weighted by Crippen LogP contribution is -2.11. The summed E-state index contributed by atoms with van der Waals surface area (Å²) >= 11 is 0. The molecule has 0 radical (unpaired) electrons. The summed E-state index contributed by atoms with van der Waals surface area (Å²) in [6.45, 7) is 3.38. The molecular weight excluding hydrogens is 424 g/mol. The lowest BCUT2D eigenvalue weighted by atomic mass is 10.1. The number of rotatable bonds is 10. The molecule has 1 amide bonds. The van der Waals surface area contributed by atoms with Gasteiger partial charge in [0.05, 0.1) is 50.8 Å². The van der Waals surface area contributed by atoms with Crippen LogP contribution < -0.4 is 29.0 Å². The van der Waals surface area contributed by atoms with Crippen LogP contribution in [0.3, 0.4) is 0 Å². The predicted octanol–water partition coefficient (Wildman–Crippen LogP) is 3.26. The molecule has 0 unspecified atom stereocenters. The minimum Gasteiger partial charge on any atom is -0.496 e. The quantitative estimate of drug-likeness (QED) is 0.537. The van der Waals surface area contributed by atoms with E-state index >= 15 is 0 Å². The Hall–Kier alpha value is -3.66. The highest BCUT2D eigenvalue weighted by atomic mass is 32.2. The van der Waals surface area contributed by atoms with Crippen LogP contribution in [0, 0.1) is 0 Å². The topological polar surface area (TPSA) is 112 Å². The average molecular weight is 448 g/mol. The highest BCUT2D eigenvalue weighted by Crippen LogP contribution is 2.35. The second-order valence-corrected chi connectivity index (χ2v) is 7.57.